The largest absolute Gasteiger partial charge is 0.289 e. The number of sulfone groups is 1. The Morgan fingerprint density at radius 2 is 1.69 bits per heavy atom. The van der Waals surface area contributed by atoms with E-state index in [9.17, 15) is 8.42 Å². The van der Waals surface area contributed by atoms with Crippen LogP contribution in [0.25, 0.3) is 6.08 Å². The van der Waals surface area contributed by atoms with Gasteiger partial charge in [-0.3, -0.25) is 5.01 Å². The standard InChI is InChI=1S/C22H22Cl2N2O2S/c1-2-11-26-22(16-5-9-19(24)10-6-16)20-14-29(27,28)13-17(21(20)25-26)12-15-3-7-18(23)8-4-15/h3-10,12,20,22H,2,11,13-14H2,1H3/b17-12-. The van der Waals surface area contributed by atoms with Crippen LogP contribution in [0.2, 0.25) is 10.0 Å². The minimum absolute atomic E-state index is 0.0122. The van der Waals surface area contributed by atoms with Crippen LogP contribution in [0.5, 0.6) is 0 Å². The minimum Gasteiger partial charge on any atom is -0.289 e. The first-order valence-corrected chi connectivity index (χ1v) is 12.2. The third-order valence-corrected chi connectivity index (χ3v) is 7.42. The van der Waals surface area contributed by atoms with Crippen LogP contribution in [-0.2, 0) is 9.84 Å². The molecular formula is C22H22Cl2N2O2S. The molecule has 2 aliphatic rings. The van der Waals surface area contributed by atoms with Crippen LogP contribution in [-0.4, -0.2) is 37.2 Å². The summed E-state index contributed by atoms with van der Waals surface area (Å²) in [6.45, 7) is 2.86. The Hall–Kier alpha value is -1.82. The molecule has 2 aromatic rings. The highest BCUT2D eigenvalue weighted by atomic mass is 35.5. The van der Waals surface area contributed by atoms with Crippen LogP contribution in [0.3, 0.4) is 0 Å². The maximum atomic E-state index is 12.8. The van der Waals surface area contributed by atoms with Crippen molar-refractivity contribution in [3.05, 3.63) is 75.3 Å². The highest BCUT2D eigenvalue weighted by Gasteiger charge is 2.45. The molecular weight excluding hydrogens is 427 g/mol. The Bertz CT molecular complexity index is 1060. The van der Waals surface area contributed by atoms with Crippen molar-refractivity contribution < 1.29 is 8.42 Å². The van der Waals surface area contributed by atoms with E-state index in [0.717, 1.165) is 35.4 Å². The molecule has 152 valence electrons. The van der Waals surface area contributed by atoms with Gasteiger partial charge in [0.1, 0.15) is 0 Å². The first kappa shape index (κ1) is 20.5. The Labute approximate surface area is 181 Å². The summed E-state index contributed by atoms with van der Waals surface area (Å²) >= 11 is 12.1. The van der Waals surface area contributed by atoms with Gasteiger partial charge in [-0.1, -0.05) is 54.4 Å². The molecule has 1 fully saturated rings. The van der Waals surface area contributed by atoms with Crippen LogP contribution in [0.4, 0.5) is 0 Å². The van der Waals surface area contributed by atoms with E-state index in [1.165, 1.54) is 0 Å². The van der Waals surface area contributed by atoms with Gasteiger partial charge in [-0.15, -0.1) is 0 Å². The summed E-state index contributed by atoms with van der Waals surface area (Å²) < 4.78 is 25.6. The Kier molecular flexibility index (Phi) is 5.74. The van der Waals surface area contributed by atoms with E-state index in [-0.39, 0.29) is 23.5 Å². The molecule has 4 rings (SSSR count). The Balaban J connectivity index is 1.78. The molecule has 0 amide bonds. The summed E-state index contributed by atoms with van der Waals surface area (Å²) in [6, 6.07) is 14.9. The van der Waals surface area contributed by atoms with Crippen LogP contribution < -0.4 is 0 Å². The maximum absolute atomic E-state index is 12.8. The highest BCUT2D eigenvalue weighted by molar-refractivity contribution is 7.91. The molecule has 1 saturated heterocycles. The normalized spacial score (nSPS) is 24.4. The molecule has 0 saturated carbocycles. The molecule has 2 atom stereocenters. The number of benzene rings is 2. The average Bonchev–Trinajstić information content (AvgIpc) is 3.01. The van der Waals surface area contributed by atoms with Crippen molar-refractivity contribution in [2.45, 2.75) is 19.4 Å². The minimum atomic E-state index is -3.23. The van der Waals surface area contributed by atoms with Crippen LogP contribution >= 0.6 is 23.2 Å². The average molecular weight is 449 g/mol. The van der Waals surface area contributed by atoms with Crippen LogP contribution in [0.1, 0.15) is 30.5 Å². The monoisotopic (exact) mass is 448 g/mol. The Morgan fingerprint density at radius 3 is 2.31 bits per heavy atom. The van der Waals surface area contributed by atoms with Gasteiger partial charge in [0, 0.05) is 22.5 Å². The third-order valence-electron chi connectivity index (χ3n) is 5.30. The lowest BCUT2D eigenvalue weighted by molar-refractivity contribution is 0.209. The number of hydrazone groups is 1. The van der Waals surface area contributed by atoms with Gasteiger partial charge in [0.15, 0.2) is 9.84 Å². The number of nitrogens with zero attached hydrogens (tertiary/aromatic N) is 2. The Morgan fingerprint density at radius 1 is 1.07 bits per heavy atom. The van der Waals surface area contributed by atoms with Crippen molar-refractivity contribution in [1.29, 1.82) is 0 Å². The zero-order valence-corrected chi connectivity index (χ0v) is 18.4. The molecule has 2 heterocycles. The number of rotatable bonds is 4. The fourth-order valence-corrected chi connectivity index (χ4v) is 6.07. The lowest BCUT2D eigenvalue weighted by atomic mass is 9.87. The van der Waals surface area contributed by atoms with Gasteiger partial charge in [0.2, 0.25) is 0 Å². The maximum Gasteiger partial charge on any atom is 0.155 e. The molecule has 2 aromatic carbocycles. The predicted molar refractivity (Wildman–Crippen MR) is 120 cm³/mol. The summed E-state index contributed by atoms with van der Waals surface area (Å²) in [6.07, 6.45) is 2.85. The summed E-state index contributed by atoms with van der Waals surface area (Å²) in [5, 5.41) is 8.25. The molecule has 4 nitrogen and oxygen atoms in total. The van der Waals surface area contributed by atoms with Crippen molar-refractivity contribution in [1.82, 2.24) is 5.01 Å². The van der Waals surface area contributed by atoms with Gasteiger partial charge >= 0.3 is 0 Å². The lowest BCUT2D eigenvalue weighted by Gasteiger charge is -2.30. The second kappa shape index (κ2) is 8.13. The van der Waals surface area contributed by atoms with Gasteiger partial charge in [-0.25, -0.2) is 8.42 Å². The van der Waals surface area contributed by atoms with E-state index in [4.69, 9.17) is 28.3 Å². The molecule has 2 aliphatic heterocycles. The van der Waals surface area contributed by atoms with Gasteiger partial charge in [-0.2, -0.15) is 5.10 Å². The molecule has 0 radical (unpaired) electrons. The number of fused-ring (bicyclic) bond motifs is 1. The highest BCUT2D eigenvalue weighted by Crippen LogP contribution is 2.42. The first-order chi connectivity index (χ1) is 13.9. The molecule has 0 bridgehead atoms. The van der Waals surface area contributed by atoms with E-state index in [0.29, 0.717) is 10.0 Å². The lowest BCUT2D eigenvalue weighted by Crippen LogP contribution is -2.37. The molecule has 0 spiro atoms. The third kappa shape index (κ3) is 4.37. The van der Waals surface area contributed by atoms with E-state index < -0.39 is 9.84 Å². The zero-order valence-electron chi connectivity index (χ0n) is 16.1. The van der Waals surface area contributed by atoms with Crippen LogP contribution in [0, 0.1) is 5.92 Å². The van der Waals surface area contributed by atoms with Gasteiger partial charge in [-0.05, 0) is 53.5 Å². The van der Waals surface area contributed by atoms with Gasteiger partial charge < -0.3 is 0 Å². The molecule has 29 heavy (non-hydrogen) atoms. The second-order valence-electron chi connectivity index (χ2n) is 7.53. The fourth-order valence-electron chi connectivity index (χ4n) is 4.11. The smallest absolute Gasteiger partial charge is 0.155 e. The molecule has 0 aliphatic carbocycles. The quantitative estimate of drug-likeness (QED) is 0.641. The van der Waals surface area contributed by atoms with Gasteiger partial charge in [0.25, 0.3) is 0 Å². The molecule has 0 N–H and O–H groups in total. The topological polar surface area (TPSA) is 49.7 Å². The number of hydrogen-bond donors (Lipinski definition) is 0. The fraction of sp³-hybridized carbons (Fsp3) is 0.318. The summed E-state index contributed by atoms with van der Waals surface area (Å²) in [5.41, 5.74) is 3.60. The van der Waals surface area contributed by atoms with Crippen LogP contribution in [0.15, 0.2) is 59.2 Å². The molecule has 2 unspecified atom stereocenters. The summed E-state index contributed by atoms with van der Waals surface area (Å²) in [4.78, 5) is 0. The first-order valence-electron chi connectivity index (χ1n) is 9.64. The van der Waals surface area contributed by atoms with Gasteiger partial charge in [0.05, 0.1) is 23.3 Å². The van der Waals surface area contributed by atoms with Crippen molar-refractivity contribution in [3.63, 3.8) is 0 Å². The second-order valence-corrected chi connectivity index (χ2v) is 10.5. The van der Waals surface area contributed by atoms with Crippen molar-refractivity contribution >= 4 is 44.8 Å². The summed E-state index contributed by atoms with van der Waals surface area (Å²) in [7, 11) is -3.23. The van der Waals surface area contributed by atoms with Crippen molar-refractivity contribution in [2.24, 2.45) is 11.0 Å². The van der Waals surface area contributed by atoms with E-state index in [1.54, 1.807) is 12.1 Å². The number of hydrogen-bond acceptors (Lipinski definition) is 4. The zero-order chi connectivity index (χ0) is 20.6. The SMILES string of the molecule is CCCN1N=C2/C(=C\c3ccc(Cl)cc3)CS(=O)(=O)CC2C1c1ccc(Cl)cc1. The predicted octanol–water partition coefficient (Wildman–Crippen LogP) is 5.24. The van der Waals surface area contributed by atoms with E-state index >= 15 is 0 Å². The van der Waals surface area contributed by atoms with E-state index in [1.807, 2.05) is 47.5 Å². The summed E-state index contributed by atoms with van der Waals surface area (Å²) in [5.74, 6) is -0.0738. The molecule has 0 aromatic heterocycles. The van der Waals surface area contributed by atoms with Crippen molar-refractivity contribution in [3.8, 4) is 0 Å². The number of halogens is 2. The molecule has 7 heteroatoms. The van der Waals surface area contributed by atoms with E-state index in [2.05, 4.69) is 6.92 Å². The van der Waals surface area contributed by atoms with Crippen molar-refractivity contribution in [2.75, 3.05) is 18.1 Å².